The molecule has 0 aromatic rings. The van der Waals surface area contributed by atoms with Crippen molar-refractivity contribution < 1.29 is 4.74 Å². The van der Waals surface area contributed by atoms with E-state index < -0.39 is 0 Å². The smallest absolute Gasteiger partial charge is 0.152 e. The minimum atomic E-state index is -0.121. The third-order valence-electron chi connectivity index (χ3n) is 1.75. The van der Waals surface area contributed by atoms with Crippen LogP contribution in [0.25, 0.3) is 0 Å². The van der Waals surface area contributed by atoms with Crippen LogP contribution in [0.15, 0.2) is 0 Å². The topological polar surface area (TPSA) is 12.5 Å². The number of hydrogen-bond acceptors (Lipinski definition) is 1. The molecule has 0 spiro atoms. The Morgan fingerprint density at radius 1 is 1.50 bits per heavy atom. The second kappa shape index (κ2) is 2.29. The SMILES string of the molecule is CC(C)C#CC1(C)OC1C. The van der Waals surface area contributed by atoms with Crippen molar-refractivity contribution in [2.45, 2.75) is 39.4 Å². The molecule has 2 atom stereocenters. The molecule has 10 heavy (non-hydrogen) atoms. The second-order valence-electron chi connectivity index (χ2n) is 3.29. The van der Waals surface area contributed by atoms with Crippen LogP contribution in [0, 0.1) is 17.8 Å². The van der Waals surface area contributed by atoms with Crippen molar-refractivity contribution in [3.8, 4) is 11.8 Å². The maximum absolute atomic E-state index is 5.28. The molecule has 1 aliphatic rings. The van der Waals surface area contributed by atoms with E-state index >= 15 is 0 Å². The average molecular weight is 138 g/mol. The zero-order valence-corrected chi connectivity index (χ0v) is 7.06. The van der Waals surface area contributed by atoms with Gasteiger partial charge >= 0.3 is 0 Å². The zero-order valence-electron chi connectivity index (χ0n) is 7.06. The maximum Gasteiger partial charge on any atom is 0.152 e. The normalized spacial score (nSPS) is 37.1. The largest absolute Gasteiger partial charge is 0.353 e. The molecule has 0 radical (unpaired) electrons. The standard InChI is InChI=1S/C9H14O/c1-7(2)5-6-9(4)8(3)10-9/h7-8H,1-4H3. The van der Waals surface area contributed by atoms with Crippen molar-refractivity contribution in [1.82, 2.24) is 0 Å². The van der Waals surface area contributed by atoms with E-state index in [1.165, 1.54) is 0 Å². The minimum Gasteiger partial charge on any atom is -0.353 e. The van der Waals surface area contributed by atoms with Crippen LogP contribution in [-0.2, 0) is 4.74 Å². The minimum absolute atomic E-state index is 0.121. The Hall–Kier alpha value is -0.480. The van der Waals surface area contributed by atoms with E-state index in [9.17, 15) is 0 Å². The third-order valence-corrected chi connectivity index (χ3v) is 1.75. The summed E-state index contributed by atoms with van der Waals surface area (Å²) in [6.07, 6.45) is 0.332. The van der Waals surface area contributed by atoms with Gasteiger partial charge in [-0.25, -0.2) is 0 Å². The summed E-state index contributed by atoms with van der Waals surface area (Å²) in [5.41, 5.74) is -0.121. The van der Waals surface area contributed by atoms with Gasteiger partial charge in [0.2, 0.25) is 0 Å². The van der Waals surface area contributed by atoms with Crippen LogP contribution in [-0.4, -0.2) is 11.7 Å². The number of epoxide rings is 1. The van der Waals surface area contributed by atoms with Gasteiger partial charge in [0, 0.05) is 5.92 Å². The molecule has 1 saturated heterocycles. The first-order valence-electron chi connectivity index (χ1n) is 3.75. The van der Waals surface area contributed by atoms with Crippen LogP contribution < -0.4 is 0 Å². The fourth-order valence-electron chi connectivity index (χ4n) is 0.752. The van der Waals surface area contributed by atoms with Gasteiger partial charge in [0.25, 0.3) is 0 Å². The van der Waals surface area contributed by atoms with Gasteiger partial charge in [-0.05, 0) is 13.8 Å². The number of hydrogen-bond donors (Lipinski definition) is 0. The Morgan fingerprint density at radius 3 is 2.30 bits per heavy atom. The monoisotopic (exact) mass is 138 g/mol. The first-order chi connectivity index (χ1) is 4.54. The maximum atomic E-state index is 5.28. The molecule has 1 heteroatoms. The van der Waals surface area contributed by atoms with Gasteiger partial charge < -0.3 is 4.74 Å². The van der Waals surface area contributed by atoms with Crippen molar-refractivity contribution in [3.63, 3.8) is 0 Å². The Kier molecular flexibility index (Phi) is 1.74. The van der Waals surface area contributed by atoms with Gasteiger partial charge in [-0.1, -0.05) is 25.7 Å². The lowest BCUT2D eigenvalue weighted by Gasteiger charge is -1.92. The summed E-state index contributed by atoms with van der Waals surface area (Å²) in [4.78, 5) is 0. The quantitative estimate of drug-likeness (QED) is 0.367. The molecule has 0 saturated carbocycles. The highest BCUT2D eigenvalue weighted by Gasteiger charge is 2.47. The van der Waals surface area contributed by atoms with Crippen molar-refractivity contribution in [1.29, 1.82) is 0 Å². The predicted octanol–water partition coefficient (Wildman–Crippen LogP) is 1.82. The summed E-state index contributed by atoms with van der Waals surface area (Å²) in [7, 11) is 0. The molecule has 56 valence electrons. The number of ether oxygens (including phenoxy) is 1. The fourth-order valence-corrected chi connectivity index (χ4v) is 0.752. The lowest BCUT2D eigenvalue weighted by molar-refractivity contribution is 0.355. The fraction of sp³-hybridized carbons (Fsp3) is 0.778. The molecule has 0 aromatic heterocycles. The van der Waals surface area contributed by atoms with Gasteiger partial charge in [0.05, 0.1) is 6.10 Å². The summed E-state index contributed by atoms with van der Waals surface area (Å²) in [5, 5.41) is 0. The van der Waals surface area contributed by atoms with Gasteiger partial charge in [-0.2, -0.15) is 0 Å². The zero-order chi connectivity index (χ0) is 7.78. The Labute approximate surface area is 62.8 Å². The van der Waals surface area contributed by atoms with E-state index in [-0.39, 0.29) is 5.60 Å². The van der Waals surface area contributed by atoms with Gasteiger partial charge in [0.15, 0.2) is 5.60 Å². The molecule has 0 aliphatic carbocycles. The van der Waals surface area contributed by atoms with Crippen molar-refractivity contribution in [2.24, 2.45) is 5.92 Å². The van der Waals surface area contributed by atoms with Gasteiger partial charge in [-0.3, -0.25) is 0 Å². The lowest BCUT2D eigenvalue weighted by Crippen LogP contribution is -2.03. The summed E-state index contributed by atoms with van der Waals surface area (Å²) < 4.78 is 5.28. The molecule has 1 aliphatic heterocycles. The molecule has 0 aromatic carbocycles. The van der Waals surface area contributed by atoms with E-state index in [0.717, 1.165) is 0 Å². The van der Waals surface area contributed by atoms with Crippen LogP contribution in [0.4, 0.5) is 0 Å². The van der Waals surface area contributed by atoms with E-state index in [2.05, 4.69) is 32.6 Å². The summed E-state index contributed by atoms with van der Waals surface area (Å²) >= 11 is 0. The van der Waals surface area contributed by atoms with E-state index in [1.54, 1.807) is 0 Å². The molecule has 1 heterocycles. The molecular weight excluding hydrogens is 124 g/mol. The van der Waals surface area contributed by atoms with Crippen LogP contribution >= 0.6 is 0 Å². The molecule has 1 nitrogen and oxygen atoms in total. The molecule has 0 bridgehead atoms. The van der Waals surface area contributed by atoms with Gasteiger partial charge in [-0.15, -0.1) is 0 Å². The number of rotatable bonds is 0. The van der Waals surface area contributed by atoms with Crippen molar-refractivity contribution in [3.05, 3.63) is 0 Å². The van der Waals surface area contributed by atoms with Gasteiger partial charge in [0.1, 0.15) is 0 Å². The first-order valence-corrected chi connectivity index (χ1v) is 3.75. The third kappa shape index (κ3) is 1.52. The first kappa shape index (κ1) is 7.63. The second-order valence-corrected chi connectivity index (χ2v) is 3.29. The predicted molar refractivity (Wildman–Crippen MR) is 41.6 cm³/mol. The Morgan fingerprint density at radius 2 is 2.00 bits per heavy atom. The molecule has 0 N–H and O–H groups in total. The molecule has 1 fully saturated rings. The Balaban J connectivity index is 2.49. The van der Waals surface area contributed by atoms with Crippen molar-refractivity contribution in [2.75, 3.05) is 0 Å². The molecule has 1 rings (SSSR count). The van der Waals surface area contributed by atoms with Crippen LogP contribution in [0.2, 0.25) is 0 Å². The van der Waals surface area contributed by atoms with Crippen molar-refractivity contribution >= 4 is 0 Å². The average Bonchev–Trinajstić information content (AvgIpc) is 2.38. The highest BCUT2D eigenvalue weighted by molar-refractivity contribution is 5.23. The molecular formula is C9H14O. The summed E-state index contributed by atoms with van der Waals surface area (Å²) in [5.74, 6) is 6.67. The highest BCUT2D eigenvalue weighted by atomic mass is 16.6. The Bertz CT molecular complexity index is 185. The highest BCUT2D eigenvalue weighted by Crippen LogP contribution is 2.34. The van der Waals surface area contributed by atoms with Crippen LogP contribution in [0.1, 0.15) is 27.7 Å². The summed E-state index contributed by atoms with van der Waals surface area (Å²) in [6.45, 7) is 8.26. The molecule has 0 amide bonds. The van der Waals surface area contributed by atoms with Crippen LogP contribution in [0.5, 0.6) is 0 Å². The lowest BCUT2D eigenvalue weighted by atomic mass is 10.1. The van der Waals surface area contributed by atoms with E-state index in [1.807, 2.05) is 6.92 Å². The van der Waals surface area contributed by atoms with E-state index in [0.29, 0.717) is 12.0 Å². The van der Waals surface area contributed by atoms with E-state index in [4.69, 9.17) is 4.74 Å². The summed E-state index contributed by atoms with van der Waals surface area (Å²) in [6, 6.07) is 0. The molecule has 2 unspecified atom stereocenters. The van der Waals surface area contributed by atoms with Crippen LogP contribution in [0.3, 0.4) is 0 Å².